The Kier molecular flexibility index (Phi) is 8.47. The first-order valence-corrected chi connectivity index (χ1v) is 14.1. The van der Waals surface area contributed by atoms with Crippen LogP contribution in [0.1, 0.15) is 19.8 Å². The zero-order valence-electron chi connectivity index (χ0n) is 23.2. The van der Waals surface area contributed by atoms with Crippen LogP contribution in [0.25, 0.3) is 22.0 Å². The molecule has 4 heterocycles. The molecule has 2 saturated heterocycles. The normalized spacial score (nSPS) is 20.1. The molecule has 0 spiro atoms. The average molecular weight is 603 g/mol. The van der Waals surface area contributed by atoms with Gasteiger partial charge >= 0.3 is 0 Å². The number of nitrogens with zero attached hydrogens (tertiary/aromatic N) is 3. The van der Waals surface area contributed by atoms with Gasteiger partial charge in [-0.3, -0.25) is 4.79 Å². The van der Waals surface area contributed by atoms with Crippen LogP contribution in [0, 0.1) is 0 Å². The summed E-state index contributed by atoms with van der Waals surface area (Å²) in [5.41, 5.74) is 0.289. The second-order valence-electron chi connectivity index (χ2n) is 10.5. The van der Waals surface area contributed by atoms with Crippen LogP contribution < -0.4 is 25.0 Å². The molecule has 0 aliphatic carbocycles. The van der Waals surface area contributed by atoms with Crippen LogP contribution in [0.15, 0.2) is 37.1 Å². The molecule has 3 aromatic rings. The van der Waals surface area contributed by atoms with Crippen molar-refractivity contribution in [3.05, 3.63) is 47.1 Å². The van der Waals surface area contributed by atoms with Gasteiger partial charge in [0.25, 0.3) is 0 Å². The molecule has 1 amide bonds. The Balaban J connectivity index is 1.59. The first kappa shape index (κ1) is 29.2. The van der Waals surface area contributed by atoms with E-state index < -0.39 is 5.60 Å². The van der Waals surface area contributed by atoms with Gasteiger partial charge < -0.3 is 34.9 Å². The van der Waals surface area contributed by atoms with E-state index in [1.54, 1.807) is 12.3 Å². The summed E-state index contributed by atoms with van der Waals surface area (Å²) < 4.78 is 16.6. The minimum Gasteiger partial charge on any atom is -0.495 e. The Bertz CT molecular complexity index is 1450. The fraction of sp³-hybridized carbons (Fsp3) is 0.414. The summed E-state index contributed by atoms with van der Waals surface area (Å²) in [6.45, 7) is 7.40. The zero-order chi connectivity index (χ0) is 29.3. The molecular formula is C29H33Cl2N5O5. The van der Waals surface area contributed by atoms with Crippen molar-refractivity contribution in [1.82, 2.24) is 15.3 Å². The number of aromatic nitrogens is 2. The molecule has 2 fully saturated rings. The fourth-order valence-electron chi connectivity index (χ4n) is 5.16. The van der Waals surface area contributed by atoms with Crippen molar-refractivity contribution in [2.24, 2.45) is 0 Å². The van der Waals surface area contributed by atoms with E-state index in [9.17, 15) is 9.90 Å². The van der Waals surface area contributed by atoms with Crippen LogP contribution in [-0.2, 0) is 9.53 Å². The third-order valence-electron chi connectivity index (χ3n) is 7.59. The SMILES string of the molecule is C=CC(=O)N[C@H]1COCC1Nc1cc2c(N3CCC(C)(O)CC3)nc(-c3c(Cl)c(OC)cc(OC)c3Cl)cc2cn1. The number of carbonyl (C=O) groups is 1. The van der Waals surface area contributed by atoms with Crippen molar-refractivity contribution in [3.8, 4) is 22.8 Å². The number of hydrogen-bond donors (Lipinski definition) is 3. The van der Waals surface area contributed by atoms with Gasteiger partial charge in [-0.2, -0.15) is 0 Å². The minimum atomic E-state index is -0.738. The summed E-state index contributed by atoms with van der Waals surface area (Å²) in [7, 11) is 3.05. The van der Waals surface area contributed by atoms with Gasteiger partial charge in [0.1, 0.15) is 23.1 Å². The van der Waals surface area contributed by atoms with E-state index in [1.807, 2.05) is 19.1 Å². The maximum absolute atomic E-state index is 11.9. The number of anilines is 2. The molecule has 2 aromatic heterocycles. The second-order valence-corrected chi connectivity index (χ2v) is 11.3. The van der Waals surface area contributed by atoms with E-state index in [-0.39, 0.29) is 18.0 Å². The Morgan fingerprint density at radius 2 is 1.80 bits per heavy atom. The predicted molar refractivity (Wildman–Crippen MR) is 161 cm³/mol. The van der Waals surface area contributed by atoms with E-state index in [0.29, 0.717) is 83.6 Å². The number of nitrogens with one attached hydrogen (secondary N) is 2. The molecule has 12 heteroatoms. The monoisotopic (exact) mass is 601 g/mol. The van der Waals surface area contributed by atoms with Gasteiger partial charge in [0.2, 0.25) is 5.91 Å². The Morgan fingerprint density at radius 3 is 2.44 bits per heavy atom. The number of methoxy groups -OCH3 is 2. The summed E-state index contributed by atoms with van der Waals surface area (Å²) in [6, 6.07) is 5.06. The molecule has 2 atom stereocenters. The van der Waals surface area contributed by atoms with Crippen molar-refractivity contribution in [2.75, 3.05) is 50.7 Å². The fourth-order valence-corrected chi connectivity index (χ4v) is 5.85. The number of piperidine rings is 1. The molecule has 1 aromatic carbocycles. The highest BCUT2D eigenvalue weighted by molar-refractivity contribution is 6.41. The van der Waals surface area contributed by atoms with Crippen molar-refractivity contribution >= 4 is 51.5 Å². The van der Waals surface area contributed by atoms with Gasteiger partial charge in [-0.05, 0) is 38.0 Å². The van der Waals surface area contributed by atoms with Crippen molar-refractivity contribution < 1.29 is 24.1 Å². The van der Waals surface area contributed by atoms with Gasteiger partial charge in [0.05, 0.1) is 60.9 Å². The number of pyridine rings is 2. The third-order valence-corrected chi connectivity index (χ3v) is 8.34. The quantitative estimate of drug-likeness (QED) is 0.322. The summed E-state index contributed by atoms with van der Waals surface area (Å²) in [4.78, 5) is 23.8. The van der Waals surface area contributed by atoms with E-state index >= 15 is 0 Å². The number of ether oxygens (including phenoxy) is 3. The number of carbonyl (C=O) groups excluding carboxylic acids is 1. The second kappa shape index (κ2) is 11.9. The molecule has 0 bridgehead atoms. The first-order chi connectivity index (χ1) is 19.6. The molecule has 10 nitrogen and oxygen atoms in total. The largest absolute Gasteiger partial charge is 0.495 e. The summed E-state index contributed by atoms with van der Waals surface area (Å²) in [5, 5.41) is 19.2. The number of benzene rings is 1. The van der Waals surface area contributed by atoms with Gasteiger partial charge in [-0.15, -0.1) is 0 Å². The molecule has 0 saturated carbocycles. The van der Waals surface area contributed by atoms with E-state index in [1.165, 1.54) is 20.3 Å². The van der Waals surface area contributed by atoms with Crippen LogP contribution in [0.3, 0.4) is 0 Å². The lowest BCUT2D eigenvalue weighted by molar-refractivity contribution is -0.117. The van der Waals surface area contributed by atoms with Crippen LogP contribution in [0.4, 0.5) is 11.6 Å². The maximum Gasteiger partial charge on any atom is 0.243 e. The number of rotatable bonds is 8. The smallest absolute Gasteiger partial charge is 0.243 e. The summed E-state index contributed by atoms with van der Waals surface area (Å²) in [5.74, 6) is 1.89. The third kappa shape index (κ3) is 6.01. The van der Waals surface area contributed by atoms with Crippen LogP contribution in [0.5, 0.6) is 11.5 Å². The topological polar surface area (TPSA) is 118 Å². The Hall–Kier alpha value is -3.31. The van der Waals surface area contributed by atoms with Gasteiger partial charge in [0.15, 0.2) is 0 Å². The van der Waals surface area contributed by atoms with E-state index in [2.05, 4.69) is 27.1 Å². The zero-order valence-corrected chi connectivity index (χ0v) is 24.7. The lowest BCUT2D eigenvalue weighted by Crippen LogP contribution is -2.45. The number of aliphatic hydroxyl groups is 1. The number of fused-ring (bicyclic) bond motifs is 1. The summed E-state index contributed by atoms with van der Waals surface area (Å²) in [6.07, 6.45) is 4.19. The molecule has 3 N–H and O–H groups in total. The van der Waals surface area contributed by atoms with Crippen LogP contribution >= 0.6 is 23.2 Å². The number of halogens is 2. The minimum absolute atomic E-state index is 0.175. The van der Waals surface area contributed by atoms with E-state index in [0.717, 1.165) is 10.8 Å². The molecule has 218 valence electrons. The maximum atomic E-state index is 11.9. The van der Waals surface area contributed by atoms with Crippen molar-refractivity contribution in [3.63, 3.8) is 0 Å². The predicted octanol–water partition coefficient (Wildman–Crippen LogP) is 4.45. The number of amides is 1. The lowest BCUT2D eigenvalue weighted by Gasteiger charge is -2.37. The molecule has 2 aliphatic heterocycles. The molecule has 1 unspecified atom stereocenters. The van der Waals surface area contributed by atoms with Crippen LogP contribution in [0.2, 0.25) is 10.0 Å². The highest BCUT2D eigenvalue weighted by Crippen LogP contribution is 2.46. The Labute approximate surface area is 248 Å². The van der Waals surface area contributed by atoms with E-state index in [4.69, 9.17) is 42.4 Å². The lowest BCUT2D eigenvalue weighted by atomic mass is 9.93. The molecular weight excluding hydrogens is 569 g/mol. The van der Waals surface area contributed by atoms with Gasteiger partial charge in [0, 0.05) is 41.7 Å². The number of hydrogen-bond acceptors (Lipinski definition) is 9. The van der Waals surface area contributed by atoms with Gasteiger partial charge in [-0.25, -0.2) is 9.97 Å². The Morgan fingerprint density at radius 1 is 1.15 bits per heavy atom. The average Bonchev–Trinajstić information content (AvgIpc) is 3.39. The van der Waals surface area contributed by atoms with Crippen molar-refractivity contribution in [2.45, 2.75) is 37.5 Å². The first-order valence-electron chi connectivity index (χ1n) is 13.3. The molecule has 0 radical (unpaired) electrons. The summed E-state index contributed by atoms with van der Waals surface area (Å²) >= 11 is 13.5. The van der Waals surface area contributed by atoms with Crippen molar-refractivity contribution in [1.29, 1.82) is 0 Å². The van der Waals surface area contributed by atoms with Gasteiger partial charge in [-0.1, -0.05) is 29.8 Å². The standard InChI is InChI=1S/C29H33Cl2N5O5/c1-5-24(37)34-20-15-41-14-19(20)33-23-11-17-16(13-32-23)10-18(35-28(17)36-8-6-29(2,38)7-9-36)25-26(30)21(39-3)12-22(40-4)27(25)31/h5,10-13,19-20,38H,1,6-9,14-15H2,2-4H3,(H,32,33)(H,34,37)/t19?,20-/m0/s1. The highest BCUT2D eigenvalue weighted by atomic mass is 35.5. The molecule has 2 aliphatic rings. The molecule has 5 rings (SSSR count). The molecule has 41 heavy (non-hydrogen) atoms. The van der Waals surface area contributed by atoms with Crippen LogP contribution in [-0.4, -0.2) is 79.2 Å². The highest BCUT2D eigenvalue weighted by Gasteiger charge is 2.31.